The number of aryl methyl sites for hydroxylation is 1. The lowest BCUT2D eigenvalue weighted by atomic mass is 10.1. The first-order valence-electron chi connectivity index (χ1n) is 11.6. The lowest BCUT2D eigenvalue weighted by Crippen LogP contribution is -2.22. The number of hydrogen-bond donors (Lipinski definition) is 1. The Labute approximate surface area is 204 Å². The summed E-state index contributed by atoms with van der Waals surface area (Å²) in [5, 5.41) is 9.56. The van der Waals surface area contributed by atoms with Crippen molar-refractivity contribution in [1.82, 2.24) is 19.1 Å². The zero-order valence-corrected chi connectivity index (χ0v) is 19.4. The van der Waals surface area contributed by atoms with Crippen LogP contribution in [0.25, 0.3) is 39.0 Å². The summed E-state index contributed by atoms with van der Waals surface area (Å²) in [6.45, 7) is -3.13. The van der Waals surface area contributed by atoms with Gasteiger partial charge < -0.3 is 14.4 Å². The number of fused-ring (bicyclic) bond motifs is 2. The molecule has 0 saturated heterocycles. The second kappa shape index (κ2) is 8.53. The van der Waals surface area contributed by atoms with Crippen molar-refractivity contribution < 1.29 is 18.6 Å². The molecule has 0 unspecified atom stereocenters. The highest BCUT2D eigenvalue weighted by Gasteiger charge is 2.25. The Hall–Kier alpha value is -4.11. The number of imidazole rings is 1. The molecule has 5 aromatic rings. The van der Waals surface area contributed by atoms with E-state index in [0.29, 0.717) is 39.5 Å². The summed E-state index contributed by atoms with van der Waals surface area (Å²) in [4.78, 5) is 23.1. The maximum absolute atomic E-state index is 13.9. The number of nitrogens with zero attached hydrogens (tertiary/aromatic N) is 4. The van der Waals surface area contributed by atoms with Gasteiger partial charge in [-0.3, -0.25) is 9.36 Å². The van der Waals surface area contributed by atoms with Crippen LogP contribution in [-0.2, 0) is 13.7 Å². The lowest BCUT2D eigenvalue weighted by Gasteiger charge is -2.14. The zero-order chi connectivity index (χ0) is 25.0. The number of aliphatic hydroxyl groups excluding tert-OH is 1. The van der Waals surface area contributed by atoms with E-state index < -0.39 is 6.61 Å². The van der Waals surface area contributed by atoms with Gasteiger partial charge in [-0.05, 0) is 72.9 Å². The van der Waals surface area contributed by atoms with E-state index in [1.54, 1.807) is 40.4 Å². The summed E-state index contributed by atoms with van der Waals surface area (Å²) >= 11 is 0. The minimum absolute atomic E-state index is 0.0143. The van der Waals surface area contributed by atoms with E-state index >= 15 is 0 Å². The van der Waals surface area contributed by atoms with Crippen molar-refractivity contribution in [2.24, 2.45) is 7.05 Å². The second-order valence-corrected chi connectivity index (χ2v) is 8.94. The van der Waals surface area contributed by atoms with Gasteiger partial charge in [0.25, 0.3) is 5.56 Å². The summed E-state index contributed by atoms with van der Waals surface area (Å²) < 4.78 is 33.1. The number of alkyl halides is 2. The molecule has 9 heteroatoms. The molecular weight excluding hydrogens is 466 g/mol. The summed E-state index contributed by atoms with van der Waals surface area (Å²) in [5.41, 5.74) is 4.97. The highest BCUT2D eigenvalue weighted by Crippen LogP contribution is 2.41. The predicted molar refractivity (Wildman–Crippen MR) is 132 cm³/mol. The molecule has 0 aliphatic heterocycles. The van der Waals surface area contributed by atoms with Crippen LogP contribution in [0.5, 0.6) is 5.75 Å². The molecule has 1 saturated carbocycles. The summed E-state index contributed by atoms with van der Waals surface area (Å²) in [7, 11) is 1.80. The van der Waals surface area contributed by atoms with Crippen LogP contribution in [0.1, 0.15) is 30.1 Å². The van der Waals surface area contributed by atoms with Gasteiger partial charge >= 0.3 is 6.61 Å². The number of rotatable bonds is 6. The van der Waals surface area contributed by atoms with Crippen LogP contribution in [0.15, 0.2) is 65.5 Å². The molecule has 2 heterocycles. The molecule has 0 amide bonds. The molecular formula is C27H22F2N4O3. The largest absolute Gasteiger partial charge is 0.435 e. The summed E-state index contributed by atoms with van der Waals surface area (Å²) in [5.74, 6) is 1.01. The highest BCUT2D eigenvalue weighted by molar-refractivity contribution is 5.85. The van der Waals surface area contributed by atoms with Gasteiger partial charge in [0.15, 0.2) is 0 Å². The smallest absolute Gasteiger partial charge is 0.387 e. The van der Waals surface area contributed by atoms with Crippen LogP contribution >= 0.6 is 0 Å². The standard InChI is InChI=1S/C27H22F2N4O3/c1-32-22-13-17(5-11-20(22)30-24(32)14-34)25-26(35)33(18-6-8-19(9-7-18)36-27(28)29)23-12-16(15-2-3-15)4-10-21(23)31-25/h4-13,15,27,34H,2-3,14H2,1H3. The Morgan fingerprint density at radius 3 is 2.42 bits per heavy atom. The van der Waals surface area contributed by atoms with Gasteiger partial charge in [0.1, 0.15) is 23.9 Å². The molecule has 2 aromatic heterocycles. The Bertz CT molecular complexity index is 1670. The summed E-state index contributed by atoms with van der Waals surface area (Å²) in [6, 6.07) is 17.4. The molecule has 36 heavy (non-hydrogen) atoms. The lowest BCUT2D eigenvalue weighted by molar-refractivity contribution is -0.0498. The average molecular weight is 488 g/mol. The first-order chi connectivity index (χ1) is 17.4. The molecule has 0 radical (unpaired) electrons. The van der Waals surface area contributed by atoms with E-state index in [9.17, 15) is 18.7 Å². The molecule has 1 fully saturated rings. The zero-order valence-electron chi connectivity index (χ0n) is 19.4. The predicted octanol–water partition coefficient (Wildman–Crippen LogP) is 4.91. The molecule has 6 rings (SSSR count). The number of aliphatic hydroxyl groups is 1. The molecule has 1 aliphatic rings. The fourth-order valence-corrected chi connectivity index (χ4v) is 4.62. The third-order valence-corrected chi connectivity index (χ3v) is 6.64. The van der Waals surface area contributed by atoms with Gasteiger partial charge in [0.2, 0.25) is 0 Å². The number of benzene rings is 3. The Kier molecular flexibility index (Phi) is 5.30. The van der Waals surface area contributed by atoms with Crippen molar-refractivity contribution in [2.75, 3.05) is 0 Å². The van der Waals surface area contributed by atoms with Crippen molar-refractivity contribution in [3.05, 3.63) is 82.4 Å². The van der Waals surface area contributed by atoms with E-state index in [2.05, 4.69) is 9.72 Å². The third-order valence-electron chi connectivity index (χ3n) is 6.64. The quantitative estimate of drug-likeness (QED) is 0.367. The van der Waals surface area contributed by atoms with Crippen LogP contribution < -0.4 is 10.3 Å². The topological polar surface area (TPSA) is 82.2 Å². The Morgan fingerprint density at radius 2 is 1.72 bits per heavy atom. The first-order valence-corrected chi connectivity index (χ1v) is 11.6. The average Bonchev–Trinajstić information content (AvgIpc) is 3.67. The fraction of sp³-hybridized carbons (Fsp3) is 0.222. The SMILES string of the molecule is Cn1c(CO)nc2ccc(-c3nc4ccc(C5CC5)cc4n(-c4ccc(OC(F)F)cc4)c3=O)cc21. The molecule has 1 aliphatic carbocycles. The van der Waals surface area contributed by atoms with Crippen molar-refractivity contribution in [3.8, 4) is 22.7 Å². The minimum atomic E-state index is -2.93. The van der Waals surface area contributed by atoms with Crippen molar-refractivity contribution >= 4 is 22.1 Å². The summed E-state index contributed by atoms with van der Waals surface area (Å²) in [6.07, 6.45) is 2.23. The van der Waals surface area contributed by atoms with Gasteiger partial charge in [0, 0.05) is 18.3 Å². The van der Waals surface area contributed by atoms with E-state index in [-0.39, 0.29) is 23.6 Å². The van der Waals surface area contributed by atoms with Crippen LogP contribution in [0.2, 0.25) is 0 Å². The molecule has 0 bridgehead atoms. The number of ether oxygens (including phenoxy) is 1. The van der Waals surface area contributed by atoms with Crippen LogP contribution in [-0.4, -0.2) is 30.8 Å². The molecule has 3 aromatic carbocycles. The van der Waals surface area contributed by atoms with E-state index in [1.807, 2.05) is 24.3 Å². The number of aromatic nitrogens is 4. The highest BCUT2D eigenvalue weighted by atomic mass is 19.3. The van der Waals surface area contributed by atoms with Crippen LogP contribution in [0.4, 0.5) is 8.78 Å². The maximum atomic E-state index is 13.9. The van der Waals surface area contributed by atoms with Crippen LogP contribution in [0, 0.1) is 0 Å². The van der Waals surface area contributed by atoms with Gasteiger partial charge in [0.05, 0.1) is 22.1 Å². The molecule has 0 atom stereocenters. The van der Waals surface area contributed by atoms with Crippen LogP contribution in [0.3, 0.4) is 0 Å². The molecule has 182 valence electrons. The second-order valence-electron chi connectivity index (χ2n) is 8.94. The molecule has 7 nitrogen and oxygen atoms in total. The van der Waals surface area contributed by atoms with Gasteiger partial charge in [-0.2, -0.15) is 8.78 Å². The monoisotopic (exact) mass is 488 g/mol. The van der Waals surface area contributed by atoms with Gasteiger partial charge in [-0.1, -0.05) is 12.1 Å². The minimum Gasteiger partial charge on any atom is -0.435 e. The fourth-order valence-electron chi connectivity index (χ4n) is 4.62. The molecule has 0 spiro atoms. The van der Waals surface area contributed by atoms with Crippen molar-refractivity contribution in [2.45, 2.75) is 32.0 Å². The van der Waals surface area contributed by atoms with Crippen molar-refractivity contribution in [1.29, 1.82) is 0 Å². The Balaban J connectivity index is 1.57. The van der Waals surface area contributed by atoms with Crippen molar-refractivity contribution in [3.63, 3.8) is 0 Å². The maximum Gasteiger partial charge on any atom is 0.387 e. The number of halogens is 2. The van der Waals surface area contributed by atoms with Gasteiger partial charge in [-0.25, -0.2) is 9.97 Å². The Morgan fingerprint density at radius 1 is 1.00 bits per heavy atom. The molecule has 1 N–H and O–H groups in total. The third kappa shape index (κ3) is 3.81. The van der Waals surface area contributed by atoms with E-state index in [4.69, 9.17) is 4.98 Å². The first kappa shape index (κ1) is 22.4. The van der Waals surface area contributed by atoms with E-state index in [0.717, 1.165) is 23.9 Å². The van der Waals surface area contributed by atoms with Gasteiger partial charge in [-0.15, -0.1) is 0 Å². The van der Waals surface area contributed by atoms with E-state index in [1.165, 1.54) is 12.1 Å². The number of hydrogen-bond acceptors (Lipinski definition) is 5. The normalized spacial score (nSPS) is 13.7.